The first-order chi connectivity index (χ1) is 7.77. The zero-order chi connectivity index (χ0) is 11.1. The highest BCUT2D eigenvalue weighted by atomic mass is 16.5. The molecule has 0 atom stereocenters. The Balaban J connectivity index is 1.97. The molecular weight excluding hydrogens is 208 g/mol. The van der Waals surface area contributed by atoms with Crippen LogP contribution in [0.5, 0.6) is 0 Å². The van der Waals surface area contributed by atoms with Crippen molar-refractivity contribution in [2.45, 2.75) is 25.7 Å². The molecule has 1 saturated carbocycles. The van der Waals surface area contributed by atoms with Crippen molar-refractivity contribution in [3.8, 4) is 0 Å². The molecule has 3 rings (SSSR count). The maximum absolute atomic E-state index is 11.8. The summed E-state index contributed by atoms with van der Waals surface area (Å²) in [4.78, 5) is 13.5. The number of aromatic nitrogens is 1. The number of ether oxygens (including phenoxy) is 1. The van der Waals surface area contributed by atoms with Gasteiger partial charge in [-0.05, 0) is 19.8 Å². The molecule has 1 aromatic heterocycles. The summed E-state index contributed by atoms with van der Waals surface area (Å²) in [5.74, 6) is 1.35. The van der Waals surface area contributed by atoms with Crippen LogP contribution in [0.25, 0.3) is 0 Å². The average molecular weight is 222 g/mol. The number of hydrogen-bond acceptors (Lipinski definition) is 4. The first-order valence-corrected chi connectivity index (χ1v) is 5.61. The molecule has 0 unspecified atom stereocenters. The number of aryl methyl sites for hydroxylation is 1. The Morgan fingerprint density at radius 3 is 2.94 bits per heavy atom. The Bertz CT molecular complexity index is 423. The first kappa shape index (κ1) is 9.84. The van der Waals surface area contributed by atoms with Crippen LogP contribution in [0.2, 0.25) is 0 Å². The van der Waals surface area contributed by atoms with Gasteiger partial charge >= 0.3 is 0 Å². The van der Waals surface area contributed by atoms with Crippen LogP contribution < -0.4 is 4.90 Å². The lowest BCUT2D eigenvalue weighted by atomic mass is 10.2. The molecule has 1 aromatic rings. The standard InChI is InChI=1S/C11H14N2O3/c1-7-10(11(16-12-7)8-2-3-8)13-4-5-15-6-9(13)14/h8H,2-6H2,1H3. The minimum atomic E-state index is -0.000509. The number of amides is 1. The smallest absolute Gasteiger partial charge is 0.253 e. The molecule has 2 fully saturated rings. The van der Waals surface area contributed by atoms with E-state index >= 15 is 0 Å². The highest BCUT2D eigenvalue weighted by molar-refractivity contribution is 5.96. The van der Waals surface area contributed by atoms with Crippen molar-refractivity contribution in [1.82, 2.24) is 5.16 Å². The van der Waals surface area contributed by atoms with Gasteiger partial charge in [0.1, 0.15) is 18.0 Å². The molecule has 86 valence electrons. The number of carbonyl (C=O) groups is 1. The Morgan fingerprint density at radius 2 is 2.25 bits per heavy atom. The third-order valence-corrected chi connectivity index (χ3v) is 3.06. The summed E-state index contributed by atoms with van der Waals surface area (Å²) in [5, 5.41) is 3.98. The lowest BCUT2D eigenvalue weighted by molar-refractivity contribution is -0.125. The van der Waals surface area contributed by atoms with E-state index < -0.39 is 0 Å². The monoisotopic (exact) mass is 222 g/mol. The highest BCUT2D eigenvalue weighted by Crippen LogP contribution is 2.45. The topological polar surface area (TPSA) is 55.6 Å². The molecule has 2 heterocycles. The fourth-order valence-corrected chi connectivity index (χ4v) is 2.08. The van der Waals surface area contributed by atoms with E-state index in [1.54, 1.807) is 4.90 Å². The molecule has 1 aliphatic carbocycles. The van der Waals surface area contributed by atoms with Gasteiger partial charge in [0.2, 0.25) is 0 Å². The Kier molecular flexibility index (Phi) is 2.21. The predicted octanol–water partition coefficient (Wildman–Crippen LogP) is 1.22. The van der Waals surface area contributed by atoms with Crippen LogP contribution in [0, 0.1) is 6.92 Å². The number of nitrogens with zero attached hydrogens (tertiary/aromatic N) is 2. The summed E-state index contributed by atoms with van der Waals surface area (Å²) < 4.78 is 10.5. The van der Waals surface area contributed by atoms with E-state index in [4.69, 9.17) is 9.26 Å². The van der Waals surface area contributed by atoms with E-state index in [0.717, 1.165) is 30.0 Å². The molecule has 0 bridgehead atoms. The van der Waals surface area contributed by atoms with Crippen LogP contribution in [0.4, 0.5) is 5.69 Å². The number of hydrogen-bond donors (Lipinski definition) is 0. The Hall–Kier alpha value is -1.36. The molecule has 2 aliphatic rings. The molecule has 1 saturated heterocycles. The molecule has 0 spiro atoms. The number of carbonyl (C=O) groups excluding carboxylic acids is 1. The summed E-state index contributed by atoms with van der Waals surface area (Å²) in [6, 6.07) is 0. The fraction of sp³-hybridized carbons (Fsp3) is 0.636. The van der Waals surface area contributed by atoms with Gasteiger partial charge in [-0.15, -0.1) is 0 Å². The van der Waals surface area contributed by atoms with Gasteiger partial charge in [0, 0.05) is 12.5 Å². The molecule has 0 N–H and O–H groups in total. The van der Waals surface area contributed by atoms with E-state index in [0.29, 0.717) is 19.1 Å². The van der Waals surface area contributed by atoms with E-state index in [2.05, 4.69) is 5.16 Å². The second-order valence-electron chi connectivity index (χ2n) is 4.35. The van der Waals surface area contributed by atoms with E-state index in [9.17, 15) is 4.79 Å². The molecular formula is C11H14N2O3. The van der Waals surface area contributed by atoms with Gasteiger partial charge in [-0.25, -0.2) is 0 Å². The molecule has 5 heteroatoms. The van der Waals surface area contributed by atoms with Gasteiger partial charge in [-0.2, -0.15) is 0 Å². The van der Waals surface area contributed by atoms with Gasteiger partial charge in [0.15, 0.2) is 5.76 Å². The van der Waals surface area contributed by atoms with Crippen molar-refractivity contribution in [2.75, 3.05) is 24.7 Å². The van der Waals surface area contributed by atoms with Crippen LogP contribution in [0.1, 0.15) is 30.2 Å². The zero-order valence-corrected chi connectivity index (χ0v) is 9.23. The van der Waals surface area contributed by atoms with Crippen LogP contribution in [-0.4, -0.2) is 30.8 Å². The van der Waals surface area contributed by atoms with Crippen molar-refractivity contribution in [1.29, 1.82) is 0 Å². The molecule has 5 nitrogen and oxygen atoms in total. The second kappa shape index (κ2) is 3.59. The van der Waals surface area contributed by atoms with Gasteiger partial charge in [-0.1, -0.05) is 5.16 Å². The maximum Gasteiger partial charge on any atom is 0.253 e. The largest absolute Gasteiger partial charge is 0.370 e. The van der Waals surface area contributed by atoms with Crippen molar-refractivity contribution in [2.24, 2.45) is 0 Å². The summed E-state index contributed by atoms with van der Waals surface area (Å²) in [5.41, 5.74) is 1.69. The molecule has 0 aromatic carbocycles. The SMILES string of the molecule is Cc1noc(C2CC2)c1N1CCOCC1=O. The second-order valence-corrected chi connectivity index (χ2v) is 4.35. The van der Waals surface area contributed by atoms with Crippen LogP contribution in [0.15, 0.2) is 4.52 Å². The van der Waals surface area contributed by atoms with Gasteiger partial charge in [0.05, 0.1) is 6.61 Å². The van der Waals surface area contributed by atoms with Gasteiger partial charge in [0.25, 0.3) is 5.91 Å². The van der Waals surface area contributed by atoms with Crippen molar-refractivity contribution >= 4 is 11.6 Å². The van der Waals surface area contributed by atoms with Crippen LogP contribution in [-0.2, 0) is 9.53 Å². The summed E-state index contributed by atoms with van der Waals surface area (Å²) in [7, 11) is 0. The Labute approximate surface area is 93.3 Å². The van der Waals surface area contributed by atoms with Crippen LogP contribution in [0.3, 0.4) is 0 Å². The maximum atomic E-state index is 11.8. The summed E-state index contributed by atoms with van der Waals surface area (Å²) in [6.45, 7) is 3.23. The number of anilines is 1. The predicted molar refractivity (Wildman–Crippen MR) is 56.4 cm³/mol. The van der Waals surface area contributed by atoms with E-state index in [1.807, 2.05) is 6.92 Å². The lowest BCUT2D eigenvalue weighted by Gasteiger charge is -2.26. The summed E-state index contributed by atoms with van der Waals surface area (Å²) >= 11 is 0. The van der Waals surface area contributed by atoms with Crippen molar-refractivity contribution in [3.63, 3.8) is 0 Å². The number of rotatable bonds is 2. The van der Waals surface area contributed by atoms with Gasteiger partial charge < -0.3 is 14.2 Å². The Morgan fingerprint density at radius 1 is 1.44 bits per heavy atom. The molecule has 1 amide bonds. The van der Waals surface area contributed by atoms with Crippen molar-refractivity contribution < 1.29 is 14.1 Å². The minimum absolute atomic E-state index is 0.000509. The van der Waals surface area contributed by atoms with Crippen LogP contribution >= 0.6 is 0 Å². The van der Waals surface area contributed by atoms with Crippen molar-refractivity contribution in [3.05, 3.63) is 11.5 Å². The normalized spacial score (nSPS) is 21.6. The molecule has 1 aliphatic heterocycles. The fourth-order valence-electron chi connectivity index (χ4n) is 2.08. The van der Waals surface area contributed by atoms with E-state index in [-0.39, 0.29) is 12.5 Å². The number of morpholine rings is 1. The lowest BCUT2D eigenvalue weighted by Crippen LogP contribution is -2.42. The van der Waals surface area contributed by atoms with E-state index in [1.165, 1.54) is 0 Å². The average Bonchev–Trinajstić information content (AvgIpc) is 3.04. The first-order valence-electron chi connectivity index (χ1n) is 5.61. The third-order valence-electron chi connectivity index (χ3n) is 3.06. The molecule has 16 heavy (non-hydrogen) atoms. The quantitative estimate of drug-likeness (QED) is 0.755. The molecule has 0 radical (unpaired) electrons. The van der Waals surface area contributed by atoms with Gasteiger partial charge in [-0.3, -0.25) is 4.79 Å². The third kappa shape index (κ3) is 1.51. The summed E-state index contributed by atoms with van der Waals surface area (Å²) in [6.07, 6.45) is 2.28. The minimum Gasteiger partial charge on any atom is -0.370 e. The zero-order valence-electron chi connectivity index (χ0n) is 9.23. The highest BCUT2D eigenvalue weighted by Gasteiger charge is 2.35.